The molecule has 4 nitrogen and oxygen atoms in total. The van der Waals surface area contributed by atoms with Crippen LogP contribution in [0.5, 0.6) is 0 Å². The maximum Gasteiger partial charge on any atom is 0.335 e. The Morgan fingerprint density at radius 3 is 2.68 bits per heavy atom. The first-order valence-electron chi connectivity index (χ1n) is 6.50. The van der Waals surface area contributed by atoms with Crippen molar-refractivity contribution in [2.75, 3.05) is 12.4 Å². The minimum Gasteiger partial charge on any atom is -0.478 e. The van der Waals surface area contributed by atoms with Crippen molar-refractivity contribution in [3.8, 4) is 0 Å². The SMILES string of the molecule is O=C(O)c1ccc(S(=O)CCCC2CCCO2)cc1. The molecule has 2 unspecified atom stereocenters. The molecule has 1 fully saturated rings. The second kappa shape index (κ2) is 6.82. The van der Waals surface area contributed by atoms with Crippen LogP contribution in [0.2, 0.25) is 0 Å². The molecule has 1 aliphatic heterocycles. The van der Waals surface area contributed by atoms with Gasteiger partial charge in [0.25, 0.3) is 0 Å². The summed E-state index contributed by atoms with van der Waals surface area (Å²) in [6.07, 6.45) is 4.41. The van der Waals surface area contributed by atoms with E-state index >= 15 is 0 Å². The van der Waals surface area contributed by atoms with Crippen LogP contribution in [0, 0.1) is 0 Å². The van der Waals surface area contributed by atoms with Crippen LogP contribution in [0.1, 0.15) is 36.0 Å². The van der Waals surface area contributed by atoms with Gasteiger partial charge in [0.2, 0.25) is 0 Å². The highest BCUT2D eigenvalue weighted by Gasteiger charge is 2.15. The van der Waals surface area contributed by atoms with Crippen LogP contribution >= 0.6 is 0 Å². The van der Waals surface area contributed by atoms with Crippen LogP contribution < -0.4 is 0 Å². The number of ether oxygens (including phenoxy) is 1. The maximum absolute atomic E-state index is 12.0. The number of rotatable bonds is 6. The lowest BCUT2D eigenvalue weighted by Crippen LogP contribution is -2.07. The highest BCUT2D eigenvalue weighted by molar-refractivity contribution is 7.85. The molecule has 0 aromatic heterocycles. The van der Waals surface area contributed by atoms with Gasteiger partial charge in [-0.05, 0) is 49.9 Å². The quantitative estimate of drug-likeness (QED) is 0.870. The Hall–Kier alpha value is -1.20. The number of hydrogen-bond acceptors (Lipinski definition) is 3. The molecule has 1 N–H and O–H groups in total. The van der Waals surface area contributed by atoms with Gasteiger partial charge in [-0.2, -0.15) is 0 Å². The summed E-state index contributed by atoms with van der Waals surface area (Å²) >= 11 is 0. The topological polar surface area (TPSA) is 63.6 Å². The molecule has 5 heteroatoms. The average molecular weight is 282 g/mol. The van der Waals surface area contributed by atoms with Gasteiger partial charge in [0.1, 0.15) is 0 Å². The lowest BCUT2D eigenvalue weighted by atomic mass is 10.1. The van der Waals surface area contributed by atoms with Gasteiger partial charge >= 0.3 is 5.97 Å². The summed E-state index contributed by atoms with van der Waals surface area (Å²) < 4.78 is 17.5. The number of benzene rings is 1. The van der Waals surface area contributed by atoms with Crippen molar-refractivity contribution in [3.05, 3.63) is 29.8 Å². The Bertz CT molecular complexity index is 449. The Morgan fingerprint density at radius 1 is 1.37 bits per heavy atom. The third-order valence-electron chi connectivity index (χ3n) is 3.24. The van der Waals surface area contributed by atoms with E-state index in [1.165, 1.54) is 12.1 Å². The number of carboxylic acid groups (broad SMARTS) is 1. The third-order valence-corrected chi connectivity index (χ3v) is 4.70. The maximum atomic E-state index is 12.0. The van der Waals surface area contributed by atoms with Crippen molar-refractivity contribution < 1.29 is 18.8 Å². The normalized spacial score (nSPS) is 20.3. The predicted octanol–water partition coefficient (Wildman–Crippen LogP) is 2.45. The van der Waals surface area contributed by atoms with Crippen LogP contribution in [-0.4, -0.2) is 33.7 Å². The molecular formula is C14H18O4S. The van der Waals surface area contributed by atoms with E-state index in [1.54, 1.807) is 12.1 Å². The van der Waals surface area contributed by atoms with Gasteiger partial charge in [0.05, 0.1) is 22.5 Å². The highest BCUT2D eigenvalue weighted by Crippen LogP contribution is 2.18. The van der Waals surface area contributed by atoms with Gasteiger partial charge < -0.3 is 9.84 Å². The fourth-order valence-electron chi connectivity index (χ4n) is 2.18. The Balaban J connectivity index is 1.80. The van der Waals surface area contributed by atoms with E-state index < -0.39 is 16.8 Å². The van der Waals surface area contributed by atoms with Gasteiger partial charge in [-0.1, -0.05) is 0 Å². The van der Waals surface area contributed by atoms with E-state index in [1.807, 2.05) is 0 Å². The molecular weight excluding hydrogens is 264 g/mol. The lowest BCUT2D eigenvalue weighted by Gasteiger charge is -2.08. The van der Waals surface area contributed by atoms with Crippen LogP contribution in [0.15, 0.2) is 29.2 Å². The number of aromatic carboxylic acids is 1. The van der Waals surface area contributed by atoms with E-state index in [-0.39, 0.29) is 5.56 Å². The molecule has 0 amide bonds. The first-order valence-corrected chi connectivity index (χ1v) is 7.82. The largest absolute Gasteiger partial charge is 0.478 e. The minimum atomic E-state index is -1.05. The molecule has 1 aromatic rings. The molecule has 0 saturated carbocycles. The van der Waals surface area contributed by atoms with E-state index in [4.69, 9.17) is 9.84 Å². The molecule has 19 heavy (non-hydrogen) atoms. The van der Waals surface area contributed by atoms with Gasteiger partial charge in [-0.15, -0.1) is 0 Å². The first kappa shape index (κ1) is 14.2. The zero-order valence-corrected chi connectivity index (χ0v) is 11.5. The standard InChI is InChI=1S/C14H18O4S/c15-14(16)11-5-7-13(8-6-11)19(17)10-2-4-12-3-1-9-18-12/h5-8,12H,1-4,9-10H2,(H,15,16). The van der Waals surface area contributed by atoms with Crippen molar-refractivity contribution in [1.29, 1.82) is 0 Å². The molecule has 0 radical (unpaired) electrons. The van der Waals surface area contributed by atoms with Gasteiger partial charge in [-0.3, -0.25) is 4.21 Å². The number of hydrogen-bond donors (Lipinski definition) is 1. The second-order valence-electron chi connectivity index (χ2n) is 4.66. The fraction of sp³-hybridized carbons (Fsp3) is 0.500. The van der Waals surface area contributed by atoms with E-state index in [2.05, 4.69) is 0 Å². The van der Waals surface area contributed by atoms with Crippen molar-refractivity contribution in [1.82, 2.24) is 0 Å². The van der Waals surface area contributed by atoms with Crippen LogP contribution in [-0.2, 0) is 15.5 Å². The van der Waals surface area contributed by atoms with Crippen LogP contribution in [0.4, 0.5) is 0 Å². The monoisotopic (exact) mass is 282 g/mol. The molecule has 0 spiro atoms. The van der Waals surface area contributed by atoms with Crippen molar-refractivity contribution in [3.63, 3.8) is 0 Å². The van der Waals surface area contributed by atoms with Gasteiger partial charge in [0.15, 0.2) is 0 Å². The zero-order chi connectivity index (χ0) is 13.7. The molecule has 1 heterocycles. The highest BCUT2D eigenvalue weighted by atomic mass is 32.2. The summed E-state index contributed by atoms with van der Waals surface area (Å²) in [7, 11) is -1.05. The summed E-state index contributed by atoms with van der Waals surface area (Å²) in [5.74, 6) is -0.359. The number of carbonyl (C=O) groups is 1. The van der Waals surface area contributed by atoms with Crippen LogP contribution in [0.25, 0.3) is 0 Å². The summed E-state index contributed by atoms with van der Waals surface area (Å²) in [6.45, 7) is 0.852. The summed E-state index contributed by atoms with van der Waals surface area (Å²) in [5, 5.41) is 8.79. The van der Waals surface area contributed by atoms with Crippen molar-refractivity contribution >= 4 is 16.8 Å². The molecule has 2 atom stereocenters. The molecule has 104 valence electrons. The van der Waals surface area contributed by atoms with E-state index in [9.17, 15) is 9.00 Å². The molecule has 1 aromatic carbocycles. The Kier molecular flexibility index (Phi) is 5.10. The number of carboxylic acids is 1. The van der Waals surface area contributed by atoms with E-state index in [0.29, 0.717) is 16.8 Å². The lowest BCUT2D eigenvalue weighted by molar-refractivity contribution is 0.0696. The Morgan fingerprint density at radius 2 is 2.11 bits per heavy atom. The molecule has 0 aliphatic carbocycles. The summed E-state index contributed by atoms with van der Waals surface area (Å²) in [4.78, 5) is 11.4. The molecule has 2 rings (SSSR count). The predicted molar refractivity (Wildman–Crippen MR) is 72.9 cm³/mol. The minimum absolute atomic E-state index is 0.222. The first-order chi connectivity index (χ1) is 9.16. The van der Waals surface area contributed by atoms with Crippen LogP contribution in [0.3, 0.4) is 0 Å². The summed E-state index contributed by atoms with van der Waals surface area (Å²) in [6, 6.07) is 6.25. The van der Waals surface area contributed by atoms with Crippen molar-refractivity contribution in [2.24, 2.45) is 0 Å². The molecule has 1 saturated heterocycles. The van der Waals surface area contributed by atoms with Gasteiger partial charge in [-0.25, -0.2) is 4.79 Å². The average Bonchev–Trinajstić information content (AvgIpc) is 2.92. The third kappa shape index (κ3) is 4.14. The fourth-order valence-corrected chi connectivity index (χ4v) is 3.29. The molecule has 0 bridgehead atoms. The smallest absolute Gasteiger partial charge is 0.335 e. The van der Waals surface area contributed by atoms with Gasteiger partial charge in [0, 0.05) is 17.3 Å². The second-order valence-corrected chi connectivity index (χ2v) is 6.23. The Labute approximate surface area is 115 Å². The zero-order valence-electron chi connectivity index (χ0n) is 10.7. The summed E-state index contributed by atoms with van der Waals surface area (Å²) in [5.41, 5.74) is 0.222. The van der Waals surface area contributed by atoms with E-state index in [0.717, 1.165) is 32.3 Å². The molecule has 1 aliphatic rings. The van der Waals surface area contributed by atoms with Crippen molar-refractivity contribution in [2.45, 2.75) is 36.7 Å².